The SMILES string of the molecule is COc1cccc(CNCC(O)C(Cc2ccc(F)cc2)NC(=O)c2cccc(S(=O)(=O)NCc3cccc(Cl)c3)c2)c1. The van der Waals surface area contributed by atoms with Gasteiger partial charge >= 0.3 is 0 Å². The van der Waals surface area contributed by atoms with Crippen molar-refractivity contribution in [1.82, 2.24) is 15.4 Å². The number of amides is 1. The molecule has 226 valence electrons. The fourth-order valence-corrected chi connectivity index (χ4v) is 5.69. The fraction of sp³-hybridized carbons (Fsp3) is 0.219. The second-order valence-electron chi connectivity index (χ2n) is 9.94. The molecule has 0 radical (unpaired) electrons. The van der Waals surface area contributed by atoms with Gasteiger partial charge in [0.05, 0.1) is 24.2 Å². The third-order valence-corrected chi connectivity index (χ3v) is 8.36. The molecule has 1 amide bonds. The first kappa shape index (κ1) is 32.1. The summed E-state index contributed by atoms with van der Waals surface area (Å²) in [5, 5.41) is 17.6. The first-order valence-corrected chi connectivity index (χ1v) is 15.4. The quantitative estimate of drug-likeness (QED) is 0.164. The van der Waals surface area contributed by atoms with Gasteiger partial charge in [0, 0.05) is 30.2 Å². The van der Waals surface area contributed by atoms with Crippen molar-refractivity contribution in [1.29, 1.82) is 0 Å². The molecule has 4 rings (SSSR count). The maximum atomic E-state index is 13.5. The second kappa shape index (κ2) is 15.1. The van der Waals surface area contributed by atoms with Gasteiger partial charge in [-0.15, -0.1) is 0 Å². The maximum absolute atomic E-state index is 13.5. The number of sulfonamides is 1. The Kier molecular flexibility index (Phi) is 11.3. The highest BCUT2D eigenvalue weighted by atomic mass is 35.5. The highest BCUT2D eigenvalue weighted by Crippen LogP contribution is 2.16. The van der Waals surface area contributed by atoms with E-state index >= 15 is 0 Å². The van der Waals surface area contributed by atoms with E-state index in [1.54, 1.807) is 43.5 Å². The molecule has 0 heterocycles. The Bertz CT molecular complexity index is 1640. The molecule has 11 heteroatoms. The summed E-state index contributed by atoms with van der Waals surface area (Å²) in [7, 11) is -2.36. The maximum Gasteiger partial charge on any atom is 0.251 e. The van der Waals surface area contributed by atoms with Crippen LogP contribution in [0.3, 0.4) is 0 Å². The largest absolute Gasteiger partial charge is 0.497 e. The molecule has 2 atom stereocenters. The number of carbonyl (C=O) groups excluding carboxylic acids is 1. The van der Waals surface area contributed by atoms with Crippen molar-refractivity contribution < 1.29 is 27.4 Å². The van der Waals surface area contributed by atoms with Gasteiger partial charge in [-0.1, -0.05) is 54.1 Å². The molecule has 4 N–H and O–H groups in total. The van der Waals surface area contributed by atoms with Gasteiger partial charge in [-0.25, -0.2) is 17.5 Å². The van der Waals surface area contributed by atoms with Crippen LogP contribution in [0, 0.1) is 5.82 Å². The van der Waals surface area contributed by atoms with E-state index in [1.165, 1.54) is 36.4 Å². The van der Waals surface area contributed by atoms with E-state index in [0.717, 1.165) is 5.56 Å². The molecule has 43 heavy (non-hydrogen) atoms. The Balaban J connectivity index is 1.45. The van der Waals surface area contributed by atoms with Gasteiger partial charge in [-0.2, -0.15) is 0 Å². The standard InChI is InChI=1S/C32H33ClFN3O5S/c1-42-28-9-3-6-24(16-28)19-35-21-31(38)30(17-22-11-13-27(34)14-12-22)37-32(39)25-7-4-10-29(18-25)43(40,41)36-20-23-5-2-8-26(33)15-23/h2-16,18,30-31,35-36,38H,17,19-21H2,1H3,(H,37,39). The van der Waals surface area contributed by atoms with Crippen molar-refractivity contribution >= 4 is 27.5 Å². The van der Waals surface area contributed by atoms with Crippen LogP contribution in [0.5, 0.6) is 5.75 Å². The lowest BCUT2D eigenvalue weighted by Crippen LogP contribution is -2.48. The Hall–Kier alpha value is -3.80. The molecule has 0 aliphatic carbocycles. The summed E-state index contributed by atoms with van der Waals surface area (Å²) >= 11 is 5.99. The predicted molar refractivity (Wildman–Crippen MR) is 164 cm³/mol. The van der Waals surface area contributed by atoms with E-state index < -0.39 is 33.9 Å². The van der Waals surface area contributed by atoms with Crippen molar-refractivity contribution in [2.45, 2.75) is 36.6 Å². The first-order valence-electron chi connectivity index (χ1n) is 13.5. The Morgan fingerprint density at radius 3 is 2.33 bits per heavy atom. The monoisotopic (exact) mass is 625 g/mol. The number of methoxy groups -OCH3 is 1. The molecule has 8 nitrogen and oxygen atoms in total. The molecule has 0 spiro atoms. The number of carbonyl (C=O) groups is 1. The lowest BCUT2D eigenvalue weighted by Gasteiger charge is -2.25. The third kappa shape index (κ3) is 9.60. The van der Waals surface area contributed by atoms with E-state index in [9.17, 15) is 22.7 Å². The predicted octanol–water partition coefficient (Wildman–Crippen LogP) is 4.46. The zero-order chi connectivity index (χ0) is 30.8. The molecule has 2 unspecified atom stereocenters. The van der Waals surface area contributed by atoms with E-state index in [1.807, 2.05) is 24.3 Å². The first-order chi connectivity index (χ1) is 20.6. The van der Waals surface area contributed by atoms with Gasteiger partial charge in [-0.3, -0.25) is 4.79 Å². The van der Waals surface area contributed by atoms with E-state index in [4.69, 9.17) is 16.3 Å². The summed E-state index contributed by atoms with van der Waals surface area (Å²) in [6.07, 6.45) is -0.807. The number of rotatable bonds is 14. The molecule has 0 saturated carbocycles. The third-order valence-electron chi connectivity index (χ3n) is 6.73. The summed E-state index contributed by atoms with van der Waals surface area (Å²) in [4.78, 5) is 13.2. The van der Waals surface area contributed by atoms with E-state index in [2.05, 4.69) is 15.4 Å². The van der Waals surface area contributed by atoms with Gasteiger partial charge in [-0.05, 0) is 77.7 Å². The number of aliphatic hydroxyl groups excluding tert-OH is 1. The van der Waals surface area contributed by atoms with E-state index in [-0.39, 0.29) is 30.0 Å². The molecule has 0 fully saturated rings. The van der Waals surface area contributed by atoms with Crippen LogP contribution >= 0.6 is 11.6 Å². The molecular weight excluding hydrogens is 593 g/mol. The minimum Gasteiger partial charge on any atom is -0.497 e. The van der Waals surface area contributed by atoms with Gasteiger partial charge < -0.3 is 20.5 Å². The minimum atomic E-state index is -3.95. The number of benzene rings is 4. The molecule has 0 aliphatic rings. The van der Waals surface area contributed by atoms with Crippen molar-refractivity contribution in [3.05, 3.63) is 130 Å². The van der Waals surface area contributed by atoms with Crippen LogP contribution < -0.4 is 20.1 Å². The Morgan fingerprint density at radius 2 is 1.60 bits per heavy atom. The minimum absolute atomic E-state index is 0.0218. The molecule has 4 aromatic carbocycles. The topological polar surface area (TPSA) is 117 Å². The summed E-state index contributed by atoms with van der Waals surface area (Å²) in [5.41, 5.74) is 2.45. The molecule has 0 bridgehead atoms. The smallest absolute Gasteiger partial charge is 0.251 e. The average Bonchev–Trinajstić information content (AvgIpc) is 3.01. The van der Waals surface area contributed by atoms with Gasteiger partial charge in [0.25, 0.3) is 5.91 Å². The summed E-state index contributed by atoms with van der Waals surface area (Å²) in [6.45, 7) is 0.618. The highest BCUT2D eigenvalue weighted by Gasteiger charge is 2.24. The van der Waals surface area contributed by atoms with Crippen LogP contribution in [0.15, 0.2) is 102 Å². The van der Waals surface area contributed by atoms with Gasteiger partial charge in [0.1, 0.15) is 11.6 Å². The zero-order valence-corrected chi connectivity index (χ0v) is 25.0. The van der Waals surface area contributed by atoms with Crippen LogP contribution in [0.1, 0.15) is 27.0 Å². The lowest BCUT2D eigenvalue weighted by molar-refractivity contribution is 0.0829. The number of aliphatic hydroxyl groups is 1. The fourth-order valence-electron chi connectivity index (χ4n) is 4.41. The summed E-state index contributed by atoms with van der Waals surface area (Å²) in [5.74, 6) is -0.247. The van der Waals surface area contributed by atoms with Crippen LogP contribution in [0.4, 0.5) is 4.39 Å². The number of hydrogen-bond donors (Lipinski definition) is 4. The van der Waals surface area contributed by atoms with Crippen LogP contribution in [-0.2, 0) is 29.5 Å². The zero-order valence-electron chi connectivity index (χ0n) is 23.5. The van der Waals surface area contributed by atoms with Crippen LogP contribution in [0.25, 0.3) is 0 Å². The van der Waals surface area contributed by atoms with Gasteiger partial charge in [0.15, 0.2) is 0 Å². The molecule has 0 saturated heterocycles. The normalized spacial score (nSPS) is 12.8. The van der Waals surface area contributed by atoms with Crippen molar-refractivity contribution in [3.63, 3.8) is 0 Å². The highest BCUT2D eigenvalue weighted by molar-refractivity contribution is 7.89. The second-order valence-corrected chi connectivity index (χ2v) is 12.1. The van der Waals surface area contributed by atoms with E-state index in [0.29, 0.717) is 28.4 Å². The number of ether oxygens (including phenoxy) is 1. The number of hydrogen-bond acceptors (Lipinski definition) is 6. The number of nitrogens with one attached hydrogen (secondary N) is 3. The van der Waals surface area contributed by atoms with Crippen LogP contribution in [-0.4, -0.2) is 45.2 Å². The molecule has 0 aromatic heterocycles. The molecule has 0 aliphatic heterocycles. The average molecular weight is 626 g/mol. The van der Waals surface area contributed by atoms with Gasteiger partial charge in [0.2, 0.25) is 10.0 Å². The Labute approximate surface area is 255 Å². The summed E-state index contributed by atoms with van der Waals surface area (Å²) < 4.78 is 47.2. The van der Waals surface area contributed by atoms with Crippen molar-refractivity contribution in [3.8, 4) is 5.75 Å². The number of halogens is 2. The molecule has 4 aromatic rings. The lowest BCUT2D eigenvalue weighted by atomic mass is 10.00. The van der Waals surface area contributed by atoms with Crippen molar-refractivity contribution in [2.75, 3.05) is 13.7 Å². The van der Waals surface area contributed by atoms with Crippen LogP contribution in [0.2, 0.25) is 5.02 Å². The van der Waals surface area contributed by atoms with Crippen molar-refractivity contribution in [2.24, 2.45) is 0 Å². The molecular formula is C32H33ClFN3O5S. The summed E-state index contributed by atoms with van der Waals surface area (Å²) in [6, 6.07) is 25.0. The Morgan fingerprint density at radius 1 is 0.907 bits per heavy atom.